The largest absolute Gasteiger partial charge is 0.197 e. The molecule has 0 N–H and O–H groups in total. The van der Waals surface area contributed by atoms with Crippen molar-refractivity contribution in [2.24, 2.45) is 5.41 Å². The number of allylic oxidation sites excluding steroid dienone is 2. The summed E-state index contributed by atoms with van der Waals surface area (Å²) in [7, 11) is 0. The summed E-state index contributed by atoms with van der Waals surface area (Å²) in [4.78, 5) is 0. The first-order valence-corrected chi connectivity index (χ1v) is 6.57. The smallest absolute Gasteiger partial charge is 0.0912 e. The van der Waals surface area contributed by atoms with E-state index in [2.05, 4.69) is 36.9 Å². The molecule has 0 saturated carbocycles. The third kappa shape index (κ3) is 3.05. The molecule has 0 heterocycles. The average molecular weight is 259 g/mol. The van der Waals surface area contributed by atoms with E-state index in [4.69, 9.17) is 0 Å². The van der Waals surface area contributed by atoms with E-state index in [9.17, 15) is 5.26 Å². The van der Waals surface area contributed by atoms with Gasteiger partial charge in [-0.1, -0.05) is 72.8 Å². The van der Waals surface area contributed by atoms with Gasteiger partial charge >= 0.3 is 0 Å². The van der Waals surface area contributed by atoms with Gasteiger partial charge in [-0.2, -0.15) is 5.26 Å². The summed E-state index contributed by atoms with van der Waals surface area (Å²) < 4.78 is 0. The minimum Gasteiger partial charge on any atom is -0.197 e. The van der Waals surface area contributed by atoms with Gasteiger partial charge in [-0.25, -0.2) is 0 Å². The fourth-order valence-electron chi connectivity index (χ4n) is 2.01. The first-order chi connectivity index (χ1) is 9.68. The second-order valence-corrected chi connectivity index (χ2v) is 4.89. The third-order valence-corrected chi connectivity index (χ3v) is 3.28. The van der Waals surface area contributed by atoms with Crippen LogP contribution in [0.25, 0.3) is 5.57 Å². The fourth-order valence-corrected chi connectivity index (χ4v) is 2.01. The number of nitrogens with zero attached hydrogens (tertiary/aromatic N) is 1. The summed E-state index contributed by atoms with van der Waals surface area (Å²) in [6, 6.07) is 22.5. The Morgan fingerprint density at radius 2 is 1.45 bits per heavy atom. The van der Waals surface area contributed by atoms with Gasteiger partial charge in [0.15, 0.2) is 0 Å². The molecule has 1 unspecified atom stereocenters. The number of nitriles is 1. The van der Waals surface area contributed by atoms with Crippen molar-refractivity contribution in [2.75, 3.05) is 0 Å². The molecule has 0 saturated heterocycles. The molecule has 0 bridgehead atoms. The zero-order chi connectivity index (χ0) is 14.4. The molecule has 0 amide bonds. The van der Waals surface area contributed by atoms with Crippen LogP contribution in [0.1, 0.15) is 18.1 Å². The summed E-state index contributed by atoms with van der Waals surface area (Å²) in [6.45, 7) is 5.64. The Kier molecular flexibility index (Phi) is 4.17. The van der Waals surface area contributed by atoms with Crippen molar-refractivity contribution in [2.45, 2.75) is 6.92 Å². The highest BCUT2D eigenvalue weighted by atomic mass is 14.3. The van der Waals surface area contributed by atoms with E-state index in [-0.39, 0.29) is 0 Å². The van der Waals surface area contributed by atoms with Gasteiger partial charge in [-0.15, -0.1) is 6.58 Å². The van der Waals surface area contributed by atoms with E-state index in [0.717, 1.165) is 16.7 Å². The minimum absolute atomic E-state index is 0.680. The number of hydrogen-bond donors (Lipinski definition) is 0. The zero-order valence-electron chi connectivity index (χ0n) is 11.6. The van der Waals surface area contributed by atoms with Crippen LogP contribution in [-0.2, 0) is 0 Å². The van der Waals surface area contributed by atoms with Crippen molar-refractivity contribution in [1.29, 1.82) is 5.26 Å². The van der Waals surface area contributed by atoms with Gasteiger partial charge in [-0.3, -0.25) is 0 Å². The van der Waals surface area contributed by atoms with E-state index in [1.165, 1.54) is 0 Å². The minimum atomic E-state index is -0.680. The second-order valence-electron chi connectivity index (χ2n) is 4.89. The van der Waals surface area contributed by atoms with Crippen molar-refractivity contribution in [3.63, 3.8) is 0 Å². The summed E-state index contributed by atoms with van der Waals surface area (Å²) in [6.07, 6.45) is 3.66. The third-order valence-electron chi connectivity index (χ3n) is 3.28. The lowest BCUT2D eigenvalue weighted by Gasteiger charge is -2.16. The van der Waals surface area contributed by atoms with E-state index in [1.54, 1.807) is 6.08 Å². The molecule has 2 aromatic carbocycles. The Bertz CT molecular complexity index is 606. The average Bonchev–Trinajstić information content (AvgIpc) is 2.54. The Morgan fingerprint density at radius 1 is 1.00 bits per heavy atom. The molecule has 0 spiro atoms. The van der Waals surface area contributed by atoms with Crippen LogP contribution in [0.5, 0.6) is 0 Å². The highest BCUT2D eigenvalue weighted by molar-refractivity contribution is 5.80. The highest BCUT2D eigenvalue weighted by Gasteiger charge is 2.18. The summed E-state index contributed by atoms with van der Waals surface area (Å²) in [5, 5.41) is 9.36. The van der Waals surface area contributed by atoms with Gasteiger partial charge in [0.25, 0.3) is 0 Å². The van der Waals surface area contributed by atoms with Crippen molar-refractivity contribution in [1.82, 2.24) is 0 Å². The van der Waals surface area contributed by atoms with Crippen molar-refractivity contribution in [3.05, 3.63) is 90.5 Å². The van der Waals surface area contributed by atoms with Gasteiger partial charge in [0.2, 0.25) is 0 Å². The first kappa shape index (κ1) is 13.8. The van der Waals surface area contributed by atoms with Crippen LogP contribution in [0.2, 0.25) is 0 Å². The lowest BCUT2D eigenvalue weighted by molar-refractivity contribution is 0.740. The van der Waals surface area contributed by atoms with E-state index >= 15 is 0 Å². The predicted octanol–water partition coefficient (Wildman–Crippen LogP) is 4.83. The molecule has 1 atom stereocenters. The van der Waals surface area contributed by atoms with Crippen molar-refractivity contribution >= 4 is 5.57 Å². The maximum absolute atomic E-state index is 9.36. The maximum Gasteiger partial charge on any atom is 0.0912 e. The molecule has 20 heavy (non-hydrogen) atoms. The van der Waals surface area contributed by atoms with Gasteiger partial charge in [0, 0.05) is 0 Å². The molecule has 0 aliphatic heterocycles. The lowest BCUT2D eigenvalue weighted by Crippen LogP contribution is -2.06. The van der Waals surface area contributed by atoms with Crippen LogP contribution in [0.4, 0.5) is 0 Å². The number of rotatable bonds is 4. The Hall–Kier alpha value is -2.59. The number of benzene rings is 2. The lowest BCUT2D eigenvalue weighted by atomic mass is 9.86. The fraction of sp³-hybridized carbons (Fsp3) is 0.105. The molecule has 2 rings (SSSR count). The summed E-state index contributed by atoms with van der Waals surface area (Å²) in [5.74, 6) is 0. The molecule has 1 nitrogen and oxygen atoms in total. The van der Waals surface area contributed by atoms with E-state index in [0.29, 0.717) is 0 Å². The van der Waals surface area contributed by atoms with E-state index in [1.807, 2.05) is 49.4 Å². The molecule has 0 aliphatic carbocycles. The van der Waals surface area contributed by atoms with E-state index < -0.39 is 5.41 Å². The predicted molar refractivity (Wildman–Crippen MR) is 83.9 cm³/mol. The summed E-state index contributed by atoms with van der Waals surface area (Å²) in [5.41, 5.74) is 2.57. The zero-order valence-corrected chi connectivity index (χ0v) is 11.6. The van der Waals surface area contributed by atoms with Crippen molar-refractivity contribution in [3.8, 4) is 6.07 Å². The molecule has 0 aliphatic rings. The van der Waals surface area contributed by atoms with Crippen LogP contribution in [0.3, 0.4) is 0 Å². The normalized spacial score (nSPS) is 12.8. The van der Waals surface area contributed by atoms with Crippen LogP contribution >= 0.6 is 0 Å². The van der Waals surface area contributed by atoms with Crippen molar-refractivity contribution < 1.29 is 0 Å². The standard InChI is InChI=1S/C19H17N/c1-3-19(2,15-20)14-18(16-10-6-4-7-11-16)17-12-8-5-9-13-17/h3-14H,1H2,2H3. The Labute approximate surface area is 120 Å². The molecule has 0 radical (unpaired) electrons. The molecule has 2 aromatic rings. The summed E-state index contributed by atoms with van der Waals surface area (Å²) >= 11 is 0. The molecule has 0 aromatic heterocycles. The monoisotopic (exact) mass is 259 g/mol. The van der Waals surface area contributed by atoms with Crippen LogP contribution in [0.15, 0.2) is 79.4 Å². The highest BCUT2D eigenvalue weighted by Crippen LogP contribution is 2.30. The molecule has 1 heteroatoms. The van der Waals surface area contributed by atoms with Gasteiger partial charge in [0.1, 0.15) is 0 Å². The van der Waals surface area contributed by atoms with Gasteiger partial charge in [-0.05, 0) is 23.6 Å². The Balaban J connectivity index is 2.60. The topological polar surface area (TPSA) is 23.8 Å². The van der Waals surface area contributed by atoms with Crippen LogP contribution in [-0.4, -0.2) is 0 Å². The van der Waals surface area contributed by atoms with Gasteiger partial charge in [0.05, 0.1) is 11.5 Å². The second kappa shape index (κ2) is 6.04. The first-order valence-electron chi connectivity index (χ1n) is 6.57. The van der Waals surface area contributed by atoms with Crippen LogP contribution in [0, 0.1) is 16.7 Å². The molecule has 0 fully saturated rings. The number of hydrogen-bond acceptors (Lipinski definition) is 1. The van der Waals surface area contributed by atoms with Gasteiger partial charge < -0.3 is 0 Å². The quantitative estimate of drug-likeness (QED) is 0.721. The Morgan fingerprint density at radius 3 is 1.80 bits per heavy atom. The molecular weight excluding hydrogens is 242 g/mol. The maximum atomic E-state index is 9.36. The SMILES string of the molecule is C=CC(C)(C#N)C=C(c1ccccc1)c1ccccc1. The van der Waals surface area contributed by atoms with Crippen LogP contribution < -0.4 is 0 Å². The molecular formula is C19H17N. The molecule has 98 valence electrons.